The Morgan fingerprint density at radius 1 is 0.346 bits per heavy atom. The number of nitrogens with zero attached hydrogens (tertiary/aromatic N) is 2. The minimum atomic E-state index is -0.199. The summed E-state index contributed by atoms with van der Waals surface area (Å²) in [6.45, 7) is -0.199. The fourth-order valence-corrected chi connectivity index (χ4v) is 13.4. The number of furan rings is 1. The molecule has 0 bridgehead atoms. The highest BCUT2D eigenvalue weighted by molar-refractivity contribution is 6.99. The summed E-state index contributed by atoms with van der Waals surface area (Å²) in [6.07, 6.45) is 0.933. The third-order valence-electron chi connectivity index (χ3n) is 16.9. The first-order chi connectivity index (χ1) is 38.7. The molecule has 17 rings (SSSR count). The summed E-state index contributed by atoms with van der Waals surface area (Å²) in [5.41, 5.74) is 26.4. The second-order valence-corrected chi connectivity index (χ2v) is 21.1. The lowest BCUT2D eigenvalue weighted by atomic mass is 9.34. The number of anilines is 3. The summed E-state index contributed by atoms with van der Waals surface area (Å²) in [5.74, 6) is 1.70. The van der Waals surface area contributed by atoms with Crippen molar-refractivity contribution in [2.24, 2.45) is 0 Å². The van der Waals surface area contributed by atoms with Crippen LogP contribution in [0.25, 0.3) is 105 Å². The van der Waals surface area contributed by atoms with Crippen LogP contribution in [0.5, 0.6) is 11.5 Å². The van der Waals surface area contributed by atoms with Crippen molar-refractivity contribution in [2.75, 3.05) is 4.90 Å². The van der Waals surface area contributed by atoms with Crippen molar-refractivity contribution < 1.29 is 9.15 Å². The highest BCUT2D eigenvalue weighted by atomic mass is 16.5. The minimum Gasteiger partial charge on any atom is -0.458 e. The van der Waals surface area contributed by atoms with E-state index in [4.69, 9.17) is 9.15 Å². The van der Waals surface area contributed by atoms with Gasteiger partial charge < -0.3 is 18.6 Å². The van der Waals surface area contributed by atoms with Crippen LogP contribution in [0.15, 0.2) is 265 Å². The van der Waals surface area contributed by atoms with Crippen LogP contribution < -0.4 is 26.0 Å². The summed E-state index contributed by atoms with van der Waals surface area (Å²) in [6, 6.07) is 95.7. The standard InChI is InChI=1S/C73H45BN2O2/c1-3-16-45(17-4-1)56-25-15-26-57(46-18-5-2-6-19-46)73(56)76-66-36-32-48(50-31-35-61-60-24-11-14-29-68(60)77-70(61)42-50)40-62(66)74-63-41-49(47-30-34-55-52(38-47)39-51-20-7-8-21-54(51)55)33-37-69(63)78-71-44-53(43-67(76)72(71)74)75-64-27-12-9-22-58(64)59-23-10-13-28-65(59)75/h1-38,40-44H,39H2. The molecule has 4 nitrogen and oxygen atoms in total. The Morgan fingerprint density at radius 3 is 1.69 bits per heavy atom. The predicted molar refractivity (Wildman–Crippen MR) is 324 cm³/mol. The van der Waals surface area contributed by atoms with Crippen LogP contribution in [0.4, 0.5) is 17.1 Å². The van der Waals surface area contributed by atoms with E-state index in [0.29, 0.717) is 0 Å². The van der Waals surface area contributed by atoms with Crippen LogP contribution in [0.1, 0.15) is 11.1 Å². The first-order valence-corrected chi connectivity index (χ1v) is 27.0. The second-order valence-electron chi connectivity index (χ2n) is 21.1. The topological polar surface area (TPSA) is 30.5 Å². The van der Waals surface area contributed by atoms with Crippen LogP contribution >= 0.6 is 0 Å². The largest absolute Gasteiger partial charge is 0.458 e. The molecule has 12 aromatic carbocycles. The smallest absolute Gasteiger partial charge is 0.256 e. The van der Waals surface area contributed by atoms with Gasteiger partial charge in [-0.3, -0.25) is 0 Å². The molecule has 5 heteroatoms. The number of fused-ring (bicyclic) bond motifs is 13. The maximum Gasteiger partial charge on any atom is 0.256 e. The van der Waals surface area contributed by atoms with Gasteiger partial charge in [-0.25, -0.2) is 0 Å². The minimum absolute atomic E-state index is 0.199. The van der Waals surface area contributed by atoms with Crippen molar-refractivity contribution in [3.05, 3.63) is 272 Å². The fourth-order valence-electron chi connectivity index (χ4n) is 13.4. The summed E-state index contributed by atoms with van der Waals surface area (Å²) < 4.78 is 16.4. The first kappa shape index (κ1) is 43.2. The average molecular weight is 993 g/mol. The highest BCUT2D eigenvalue weighted by Gasteiger charge is 2.44. The quantitative estimate of drug-likeness (QED) is 0.156. The Hall–Kier alpha value is -10.1. The SMILES string of the molecule is c1ccc(-c2cccc(-c3ccccc3)c2N2c3ccc(-c4ccc5c(c4)oc4ccccc45)cc3B3c4cc(-c5ccc6c(c5)Cc5ccccc5-6)ccc4Oc4cc(-n5c6ccccc6c6ccccc65)cc2c43)cc1. The molecule has 0 saturated heterocycles. The summed E-state index contributed by atoms with van der Waals surface area (Å²) in [7, 11) is 0. The molecule has 78 heavy (non-hydrogen) atoms. The van der Waals surface area contributed by atoms with Crippen LogP contribution in [0.2, 0.25) is 0 Å². The van der Waals surface area contributed by atoms with E-state index in [2.05, 4.69) is 264 Å². The van der Waals surface area contributed by atoms with Crippen LogP contribution in [-0.4, -0.2) is 11.3 Å². The van der Waals surface area contributed by atoms with Gasteiger partial charge in [-0.15, -0.1) is 0 Å². The lowest BCUT2D eigenvalue weighted by molar-refractivity contribution is 0.487. The number of para-hydroxylation sites is 4. The number of hydrogen-bond donors (Lipinski definition) is 0. The molecule has 3 aliphatic rings. The normalized spacial score (nSPS) is 12.9. The Balaban J connectivity index is 0.958. The predicted octanol–water partition coefficient (Wildman–Crippen LogP) is 17.3. The van der Waals surface area contributed by atoms with Crippen LogP contribution in [0, 0.1) is 0 Å². The fraction of sp³-hybridized carbons (Fsp3) is 0.0137. The zero-order valence-corrected chi connectivity index (χ0v) is 42.3. The summed E-state index contributed by atoms with van der Waals surface area (Å²) in [5, 5.41) is 4.66. The van der Waals surface area contributed by atoms with Crippen molar-refractivity contribution in [1.29, 1.82) is 0 Å². The number of benzene rings is 12. The van der Waals surface area contributed by atoms with Gasteiger partial charge >= 0.3 is 0 Å². The Kier molecular flexibility index (Phi) is 9.25. The van der Waals surface area contributed by atoms with Crippen molar-refractivity contribution in [3.8, 4) is 72.8 Å². The molecule has 0 saturated carbocycles. The Bertz CT molecular complexity index is 4710. The molecule has 4 heterocycles. The summed E-state index contributed by atoms with van der Waals surface area (Å²) >= 11 is 0. The van der Waals surface area contributed by atoms with E-state index in [0.717, 1.165) is 118 Å². The maximum atomic E-state index is 7.46. The Labute approximate surface area is 451 Å². The van der Waals surface area contributed by atoms with Gasteiger partial charge in [0.25, 0.3) is 6.71 Å². The number of rotatable bonds is 6. The Morgan fingerprint density at radius 2 is 0.923 bits per heavy atom. The van der Waals surface area contributed by atoms with Crippen LogP contribution in [0.3, 0.4) is 0 Å². The van der Waals surface area contributed by atoms with E-state index in [1.165, 1.54) is 49.6 Å². The van der Waals surface area contributed by atoms with Gasteiger partial charge in [-0.1, -0.05) is 206 Å². The molecular formula is C73H45BN2O2. The molecule has 362 valence electrons. The van der Waals surface area contributed by atoms with E-state index < -0.39 is 0 Å². The van der Waals surface area contributed by atoms with Crippen LogP contribution in [-0.2, 0) is 6.42 Å². The summed E-state index contributed by atoms with van der Waals surface area (Å²) in [4.78, 5) is 2.56. The van der Waals surface area contributed by atoms with Gasteiger partial charge in [0.05, 0.1) is 22.4 Å². The van der Waals surface area contributed by atoms with E-state index in [9.17, 15) is 0 Å². The lowest BCUT2D eigenvalue weighted by Crippen LogP contribution is -2.59. The van der Waals surface area contributed by atoms with Crippen molar-refractivity contribution >= 4 is 83.9 Å². The van der Waals surface area contributed by atoms with Gasteiger partial charge in [0.2, 0.25) is 0 Å². The van der Waals surface area contributed by atoms with E-state index in [1.54, 1.807) is 0 Å². The monoisotopic (exact) mass is 992 g/mol. The molecule has 0 amide bonds. The molecule has 0 N–H and O–H groups in total. The van der Waals surface area contributed by atoms with E-state index >= 15 is 0 Å². The molecule has 0 unspecified atom stereocenters. The van der Waals surface area contributed by atoms with Gasteiger partial charge in [0, 0.05) is 50.1 Å². The van der Waals surface area contributed by atoms with Gasteiger partial charge in [-0.2, -0.15) is 0 Å². The molecule has 2 aromatic heterocycles. The molecule has 0 radical (unpaired) electrons. The third-order valence-corrected chi connectivity index (χ3v) is 16.9. The molecular weight excluding hydrogens is 948 g/mol. The zero-order chi connectivity index (χ0) is 51.0. The molecule has 2 aliphatic heterocycles. The molecule has 1 aliphatic carbocycles. The second kappa shape index (κ2) is 16.7. The van der Waals surface area contributed by atoms with Crippen molar-refractivity contribution in [3.63, 3.8) is 0 Å². The molecule has 0 spiro atoms. The average Bonchev–Trinajstić information content (AvgIpc) is 4.31. The first-order valence-electron chi connectivity index (χ1n) is 27.0. The third kappa shape index (κ3) is 6.42. The highest BCUT2D eigenvalue weighted by Crippen LogP contribution is 2.51. The zero-order valence-electron chi connectivity index (χ0n) is 42.3. The number of ether oxygens (including phenoxy) is 1. The van der Waals surface area contributed by atoms with Crippen molar-refractivity contribution in [2.45, 2.75) is 6.42 Å². The number of hydrogen-bond acceptors (Lipinski definition) is 3. The van der Waals surface area contributed by atoms with E-state index in [-0.39, 0.29) is 6.71 Å². The molecule has 14 aromatic rings. The molecule has 0 atom stereocenters. The van der Waals surface area contributed by atoms with Crippen molar-refractivity contribution in [1.82, 2.24) is 4.57 Å². The molecule has 0 fully saturated rings. The maximum absolute atomic E-state index is 7.46. The number of aromatic nitrogens is 1. The van der Waals surface area contributed by atoms with E-state index in [1.807, 2.05) is 6.07 Å². The lowest BCUT2D eigenvalue weighted by Gasteiger charge is -2.42. The van der Waals surface area contributed by atoms with Gasteiger partial charge in [0.15, 0.2) is 0 Å². The van der Waals surface area contributed by atoms with Gasteiger partial charge in [0.1, 0.15) is 22.7 Å². The van der Waals surface area contributed by atoms with Gasteiger partial charge in [-0.05, 0) is 127 Å².